The average Bonchev–Trinajstić information content (AvgIpc) is 4.12. The maximum absolute atomic E-state index is 10.5. The van der Waals surface area contributed by atoms with Gasteiger partial charge in [0.25, 0.3) is 0 Å². The third-order valence-corrected chi connectivity index (χ3v) is 13.6. The van der Waals surface area contributed by atoms with Crippen molar-refractivity contribution in [2.75, 3.05) is 0 Å². The van der Waals surface area contributed by atoms with E-state index in [2.05, 4.69) is 212 Å². The fourth-order valence-electron chi connectivity index (χ4n) is 11.0. The minimum atomic E-state index is 0.587. The Morgan fingerprint density at radius 2 is 0.697 bits per heavy atom. The van der Waals surface area contributed by atoms with Gasteiger partial charge < -0.3 is 18.3 Å². The molecule has 0 N–H and O–H groups in total. The van der Waals surface area contributed by atoms with Gasteiger partial charge in [0.15, 0.2) is 0 Å². The fraction of sp³-hybridized carbons (Fsp3) is 0. The molecule has 14 rings (SSSR count). The lowest BCUT2D eigenvalue weighted by Crippen LogP contribution is -2.06. The van der Waals surface area contributed by atoms with E-state index in [0.717, 1.165) is 99.6 Å². The van der Waals surface area contributed by atoms with Gasteiger partial charge in [0.2, 0.25) is 0 Å². The normalized spacial score (nSPS) is 11.9. The lowest BCUT2D eigenvalue weighted by atomic mass is 10.0. The molecular weight excluding hydrogens is 805 g/mol. The number of pyridine rings is 1. The van der Waals surface area contributed by atoms with Crippen LogP contribution in [-0.2, 0) is 0 Å². The molecule has 5 heterocycles. The highest BCUT2D eigenvalue weighted by molar-refractivity contribution is 6.26. The summed E-state index contributed by atoms with van der Waals surface area (Å²) >= 11 is 0. The van der Waals surface area contributed by atoms with Gasteiger partial charge in [-0.25, -0.2) is 0 Å². The van der Waals surface area contributed by atoms with Gasteiger partial charge >= 0.3 is 0 Å². The molecule has 6 heteroatoms. The molecule has 0 atom stereocenters. The Kier molecular flexibility index (Phi) is 7.65. The van der Waals surface area contributed by atoms with Gasteiger partial charge in [-0.05, 0) is 66.2 Å². The zero-order valence-electron chi connectivity index (χ0n) is 35.5. The molecule has 0 amide bonds. The van der Waals surface area contributed by atoms with Gasteiger partial charge in [0, 0.05) is 60.0 Å². The second-order valence-corrected chi connectivity index (χ2v) is 17.0. The van der Waals surface area contributed by atoms with Crippen LogP contribution in [0.1, 0.15) is 5.56 Å². The first-order chi connectivity index (χ1) is 32.8. The summed E-state index contributed by atoms with van der Waals surface area (Å²) in [4.78, 5) is 5.24. The summed E-state index contributed by atoms with van der Waals surface area (Å²) in [6, 6.07) is 75.8. The van der Waals surface area contributed by atoms with E-state index in [0.29, 0.717) is 5.56 Å². The summed E-state index contributed by atoms with van der Waals surface area (Å²) in [6.07, 6.45) is 4.03. The average molecular weight is 841 g/mol. The van der Waals surface area contributed by atoms with E-state index >= 15 is 0 Å². The number of para-hydroxylation sites is 6. The number of hydrogen-bond acceptors (Lipinski definition) is 2. The van der Waals surface area contributed by atoms with Crippen LogP contribution in [0.15, 0.2) is 219 Å². The summed E-state index contributed by atoms with van der Waals surface area (Å²) in [6.45, 7) is 0. The van der Waals surface area contributed by atoms with Crippen LogP contribution in [0.25, 0.3) is 121 Å². The molecule has 0 aliphatic rings. The first kappa shape index (κ1) is 36.3. The summed E-state index contributed by atoms with van der Waals surface area (Å²) in [5.74, 6) is 0. The molecular formula is C60H36N6. The molecule has 306 valence electrons. The van der Waals surface area contributed by atoms with E-state index in [1.807, 2.05) is 30.6 Å². The van der Waals surface area contributed by atoms with Crippen molar-refractivity contribution in [1.29, 1.82) is 5.26 Å². The molecule has 6 nitrogen and oxygen atoms in total. The van der Waals surface area contributed by atoms with Crippen molar-refractivity contribution in [3.05, 3.63) is 224 Å². The molecule has 0 bridgehead atoms. The number of hydrogen-bond donors (Lipinski definition) is 0. The second-order valence-electron chi connectivity index (χ2n) is 17.0. The van der Waals surface area contributed by atoms with Crippen molar-refractivity contribution in [3.63, 3.8) is 0 Å². The first-order valence-electron chi connectivity index (χ1n) is 22.3. The van der Waals surface area contributed by atoms with Crippen molar-refractivity contribution in [1.82, 2.24) is 23.3 Å². The smallest absolute Gasteiger partial charge is 0.0991 e. The highest BCUT2D eigenvalue weighted by atomic mass is 15.1. The Hall–Kier alpha value is -9.18. The largest absolute Gasteiger partial charge is 0.307 e. The predicted molar refractivity (Wildman–Crippen MR) is 272 cm³/mol. The fourth-order valence-corrected chi connectivity index (χ4v) is 11.0. The van der Waals surface area contributed by atoms with Crippen LogP contribution in [-0.4, -0.2) is 23.3 Å². The molecule has 0 unspecified atom stereocenters. The van der Waals surface area contributed by atoms with Crippen molar-refractivity contribution in [2.45, 2.75) is 0 Å². The third-order valence-electron chi connectivity index (χ3n) is 13.6. The summed E-state index contributed by atoms with van der Waals surface area (Å²) in [7, 11) is 0. The molecule has 0 saturated heterocycles. The molecule has 0 saturated carbocycles. The lowest BCUT2D eigenvalue weighted by molar-refractivity contribution is 1.09. The quantitative estimate of drug-likeness (QED) is 0.173. The van der Waals surface area contributed by atoms with Crippen LogP contribution in [0.5, 0.6) is 0 Å². The Bertz CT molecular complexity index is 4100. The van der Waals surface area contributed by atoms with E-state index < -0.39 is 0 Å². The van der Waals surface area contributed by atoms with Gasteiger partial charge in [-0.3, -0.25) is 4.98 Å². The molecule has 14 aromatic rings. The van der Waals surface area contributed by atoms with Crippen LogP contribution in [0.2, 0.25) is 0 Å². The van der Waals surface area contributed by atoms with Crippen LogP contribution >= 0.6 is 0 Å². The third kappa shape index (κ3) is 4.97. The second kappa shape index (κ2) is 13.9. The minimum Gasteiger partial charge on any atom is -0.307 e. The molecule has 0 spiro atoms. The number of rotatable bonds is 5. The first-order valence-corrected chi connectivity index (χ1v) is 22.3. The number of benzene rings is 9. The zero-order chi connectivity index (χ0) is 43.5. The van der Waals surface area contributed by atoms with Crippen LogP contribution in [0, 0.1) is 11.3 Å². The van der Waals surface area contributed by atoms with Crippen molar-refractivity contribution in [3.8, 4) is 39.9 Å². The standard InChI is InChI=1S/C60H36N6/c61-35-38-16-15-17-39(34-38)56-54(65-52-28-13-9-24-44(52)48-32-30-46-42-22-7-11-26-50(42)63(57(46)59(48)65)40-18-3-1-4-19-40)36-62-37-55(56)66-53-29-14-10-25-45(53)49-33-31-47-43-23-8-12-27-51(43)64(58(47)60(49)66)41-20-5-2-6-21-41/h1-34,36-37H. The minimum absolute atomic E-state index is 0.587. The summed E-state index contributed by atoms with van der Waals surface area (Å²) in [5.41, 5.74) is 15.3. The van der Waals surface area contributed by atoms with Crippen LogP contribution in [0.3, 0.4) is 0 Å². The molecule has 9 aromatic carbocycles. The maximum Gasteiger partial charge on any atom is 0.0991 e. The topological polar surface area (TPSA) is 56.4 Å². The zero-order valence-corrected chi connectivity index (χ0v) is 35.5. The molecule has 0 aliphatic carbocycles. The Labute approximate surface area is 378 Å². The van der Waals surface area contributed by atoms with Gasteiger partial charge in [0.1, 0.15) is 0 Å². The number of nitrogens with zero attached hydrogens (tertiary/aromatic N) is 6. The van der Waals surface area contributed by atoms with Gasteiger partial charge in [-0.2, -0.15) is 5.26 Å². The van der Waals surface area contributed by atoms with Gasteiger partial charge in [0.05, 0.1) is 79.5 Å². The van der Waals surface area contributed by atoms with Crippen molar-refractivity contribution in [2.24, 2.45) is 0 Å². The van der Waals surface area contributed by atoms with Crippen molar-refractivity contribution >= 4 is 87.2 Å². The SMILES string of the molecule is N#Cc1cccc(-c2c(-n3c4ccccc4c4ccc5c6ccccc6n(-c6ccccc6)c5c43)cncc2-n2c3ccccc3c3ccc4c5ccccc5n(-c5ccccc5)c4c32)c1. The maximum atomic E-state index is 10.5. The Morgan fingerprint density at radius 1 is 0.333 bits per heavy atom. The lowest BCUT2D eigenvalue weighted by Gasteiger charge is -2.20. The van der Waals surface area contributed by atoms with Crippen LogP contribution < -0.4 is 0 Å². The number of fused-ring (bicyclic) bond motifs is 14. The number of aromatic nitrogens is 5. The molecule has 0 aliphatic heterocycles. The van der Waals surface area contributed by atoms with Crippen molar-refractivity contribution < 1.29 is 0 Å². The van der Waals surface area contributed by atoms with Gasteiger partial charge in [-0.1, -0.05) is 146 Å². The predicted octanol–water partition coefficient (Wildman–Crippen LogP) is 15.0. The summed E-state index contributed by atoms with van der Waals surface area (Å²) < 4.78 is 9.70. The van der Waals surface area contributed by atoms with Crippen LogP contribution in [0.4, 0.5) is 0 Å². The Morgan fingerprint density at radius 3 is 1.11 bits per heavy atom. The number of nitriles is 1. The van der Waals surface area contributed by atoms with Gasteiger partial charge in [-0.15, -0.1) is 0 Å². The van der Waals surface area contributed by atoms with E-state index in [-0.39, 0.29) is 0 Å². The Balaban J connectivity index is 1.21. The summed E-state index contributed by atoms with van der Waals surface area (Å²) in [5, 5.41) is 19.7. The molecule has 0 radical (unpaired) electrons. The molecule has 66 heavy (non-hydrogen) atoms. The monoisotopic (exact) mass is 840 g/mol. The van der Waals surface area contributed by atoms with E-state index in [1.54, 1.807) is 0 Å². The highest BCUT2D eigenvalue weighted by Crippen LogP contribution is 2.47. The molecule has 0 fully saturated rings. The van der Waals surface area contributed by atoms with E-state index in [4.69, 9.17) is 4.98 Å². The molecule has 5 aromatic heterocycles. The highest BCUT2D eigenvalue weighted by Gasteiger charge is 2.27. The van der Waals surface area contributed by atoms with E-state index in [1.165, 1.54) is 21.5 Å². The van der Waals surface area contributed by atoms with E-state index in [9.17, 15) is 5.26 Å².